The Labute approximate surface area is 230 Å². The molecule has 1 saturated carbocycles. The molecule has 1 atom stereocenters. The maximum Gasteiger partial charge on any atom is 0.410 e. The molecule has 0 spiro atoms. The first-order chi connectivity index (χ1) is 18.6. The van der Waals surface area contributed by atoms with Crippen molar-refractivity contribution in [1.29, 1.82) is 0 Å². The van der Waals surface area contributed by atoms with Gasteiger partial charge < -0.3 is 24.3 Å². The fraction of sp³-hybridized carbons (Fsp3) is 0.533. The molecule has 9 heteroatoms. The summed E-state index contributed by atoms with van der Waals surface area (Å²) in [5, 5.41) is 3.07. The lowest BCUT2D eigenvalue weighted by molar-refractivity contribution is 0.0173. The lowest BCUT2D eigenvalue weighted by Gasteiger charge is -2.33. The van der Waals surface area contributed by atoms with Crippen LogP contribution in [0.4, 0.5) is 10.5 Å². The number of ether oxygens (including phenoxy) is 1. The molecule has 1 aliphatic carbocycles. The minimum atomic E-state index is -0.537. The summed E-state index contributed by atoms with van der Waals surface area (Å²) in [6.45, 7) is 10.8. The maximum absolute atomic E-state index is 13.0. The van der Waals surface area contributed by atoms with Gasteiger partial charge in [0.25, 0.3) is 5.91 Å². The van der Waals surface area contributed by atoms with Crippen LogP contribution in [0.2, 0.25) is 0 Å². The summed E-state index contributed by atoms with van der Waals surface area (Å²) in [7, 11) is 0. The van der Waals surface area contributed by atoms with Crippen molar-refractivity contribution in [1.82, 2.24) is 24.6 Å². The normalized spacial score (nSPS) is 16.7. The first kappa shape index (κ1) is 27.0. The smallest absolute Gasteiger partial charge is 0.410 e. The highest BCUT2D eigenvalue weighted by molar-refractivity contribution is 5.95. The van der Waals surface area contributed by atoms with Crippen LogP contribution >= 0.6 is 0 Å². The number of amides is 2. The number of hydrogen-bond acceptors (Lipinski definition) is 6. The summed E-state index contributed by atoms with van der Waals surface area (Å²) in [6, 6.07) is 5.58. The van der Waals surface area contributed by atoms with E-state index in [9.17, 15) is 9.59 Å². The fourth-order valence-electron chi connectivity index (χ4n) is 5.15. The molecule has 1 aliphatic heterocycles. The molecule has 3 aromatic rings. The number of carbonyl (C=O) groups excluding carboxylic acids is 2. The average molecular weight is 533 g/mol. The molecule has 5 rings (SSSR count). The summed E-state index contributed by atoms with van der Waals surface area (Å²) in [4.78, 5) is 39.1. The predicted molar refractivity (Wildman–Crippen MR) is 151 cm³/mol. The Balaban J connectivity index is 1.26. The summed E-state index contributed by atoms with van der Waals surface area (Å²) in [5.41, 5.74) is 3.55. The second-order valence-electron chi connectivity index (χ2n) is 11.9. The Morgan fingerprint density at radius 2 is 1.90 bits per heavy atom. The third kappa shape index (κ3) is 6.69. The van der Waals surface area contributed by atoms with Gasteiger partial charge in [0.05, 0.1) is 35.7 Å². The van der Waals surface area contributed by atoms with E-state index in [4.69, 9.17) is 9.72 Å². The molecule has 2 aliphatic rings. The number of rotatable bonds is 8. The summed E-state index contributed by atoms with van der Waals surface area (Å²) in [6.07, 6.45) is 13.0. The lowest BCUT2D eigenvalue weighted by atomic mass is 9.85. The molecular weight excluding hydrogens is 492 g/mol. The van der Waals surface area contributed by atoms with Gasteiger partial charge in [0.15, 0.2) is 0 Å². The average Bonchev–Trinajstić information content (AvgIpc) is 3.54. The van der Waals surface area contributed by atoms with Crippen LogP contribution in [0.5, 0.6) is 0 Å². The third-order valence-electron chi connectivity index (χ3n) is 7.51. The third-order valence-corrected chi connectivity index (χ3v) is 7.51. The Hall–Kier alpha value is -3.62. The highest BCUT2D eigenvalue weighted by Gasteiger charge is 2.27. The van der Waals surface area contributed by atoms with Gasteiger partial charge in [0, 0.05) is 38.2 Å². The number of nitrogens with zero attached hydrogens (tertiary/aromatic N) is 5. The highest BCUT2D eigenvalue weighted by Crippen LogP contribution is 2.28. The molecule has 3 aromatic heterocycles. The minimum Gasteiger partial charge on any atom is -0.444 e. The van der Waals surface area contributed by atoms with E-state index in [1.807, 2.05) is 73.8 Å². The number of imidazole rings is 1. The van der Waals surface area contributed by atoms with Crippen molar-refractivity contribution in [2.24, 2.45) is 5.92 Å². The molecule has 208 valence electrons. The zero-order valence-corrected chi connectivity index (χ0v) is 23.5. The molecule has 1 N–H and O–H groups in total. The van der Waals surface area contributed by atoms with Crippen molar-refractivity contribution in [3.63, 3.8) is 0 Å². The monoisotopic (exact) mass is 532 g/mol. The highest BCUT2D eigenvalue weighted by atomic mass is 16.6. The number of pyridine rings is 2. The first-order valence-electron chi connectivity index (χ1n) is 14.1. The molecule has 0 aromatic carbocycles. The maximum atomic E-state index is 13.0. The van der Waals surface area contributed by atoms with Crippen LogP contribution in [0.3, 0.4) is 0 Å². The number of hydrogen-bond donors (Lipinski definition) is 1. The van der Waals surface area contributed by atoms with Gasteiger partial charge in [0.2, 0.25) is 0 Å². The molecule has 4 heterocycles. The van der Waals surface area contributed by atoms with Gasteiger partial charge in [-0.05, 0) is 77.0 Å². The SMILES string of the molecule is CC(NC(=O)c1cncc(N2CCCC2)c1)c1cn2cc(CN(CC3CCC3)C(=O)OC(C)(C)C)ccc2n1. The Bertz CT molecular complexity index is 1320. The molecule has 0 bridgehead atoms. The van der Waals surface area contributed by atoms with E-state index in [1.165, 1.54) is 19.3 Å². The van der Waals surface area contributed by atoms with Crippen LogP contribution in [0.25, 0.3) is 5.65 Å². The topological polar surface area (TPSA) is 92.1 Å². The van der Waals surface area contributed by atoms with Crippen LogP contribution in [0, 0.1) is 5.92 Å². The second-order valence-corrected chi connectivity index (χ2v) is 11.9. The van der Waals surface area contributed by atoms with Crippen molar-refractivity contribution >= 4 is 23.3 Å². The molecule has 9 nitrogen and oxygen atoms in total. The molecule has 39 heavy (non-hydrogen) atoms. The van der Waals surface area contributed by atoms with E-state index >= 15 is 0 Å². The van der Waals surface area contributed by atoms with Gasteiger partial charge in [0.1, 0.15) is 11.2 Å². The van der Waals surface area contributed by atoms with Crippen molar-refractivity contribution in [2.45, 2.75) is 78.0 Å². The van der Waals surface area contributed by atoms with E-state index in [1.54, 1.807) is 6.20 Å². The summed E-state index contributed by atoms with van der Waals surface area (Å²) in [5.74, 6) is 0.370. The van der Waals surface area contributed by atoms with E-state index < -0.39 is 5.60 Å². The van der Waals surface area contributed by atoms with Crippen molar-refractivity contribution in [3.05, 3.63) is 59.8 Å². The van der Waals surface area contributed by atoms with Crippen molar-refractivity contribution in [3.8, 4) is 0 Å². The molecule has 2 amide bonds. The molecule has 0 radical (unpaired) electrons. The zero-order chi connectivity index (χ0) is 27.6. The van der Waals surface area contributed by atoms with Crippen molar-refractivity contribution < 1.29 is 14.3 Å². The van der Waals surface area contributed by atoms with Crippen LogP contribution in [0.1, 0.15) is 87.5 Å². The van der Waals surface area contributed by atoms with Crippen molar-refractivity contribution in [2.75, 3.05) is 24.5 Å². The van der Waals surface area contributed by atoms with E-state index in [0.717, 1.165) is 48.5 Å². The summed E-state index contributed by atoms with van der Waals surface area (Å²) < 4.78 is 7.65. The Kier molecular flexibility index (Phi) is 7.77. The second kappa shape index (κ2) is 11.2. The standard InChI is InChI=1S/C30H40N6O3/c1-21(32-28(37)24-14-25(16-31-15-24)34-12-5-6-13-34)26-20-35-18-23(10-11-27(35)33-26)19-36(17-22-8-7-9-22)29(38)39-30(2,3)4/h10-11,14-16,18,20-22H,5-9,12-13,17,19H2,1-4H3,(H,32,37). The van der Waals surface area contributed by atoms with Crippen LogP contribution in [-0.2, 0) is 11.3 Å². The predicted octanol–water partition coefficient (Wildman–Crippen LogP) is 5.36. The number of fused-ring (bicyclic) bond motifs is 1. The van der Waals surface area contributed by atoms with Crippen LogP contribution < -0.4 is 10.2 Å². The number of carbonyl (C=O) groups is 2. The largest absolute Gasteiger partial charge is 0.444 e. The summed E-state index contributed by atoms with van der Waals surface area (Å²) >= 11 is 0. The lowest BCUT2D eigenvalue weighted by Crippen LogP contribution is -2.40. The zero-order valence-electron chi connectivity index (χ0n) is 23.5. The van der Waals surface area contributed by atoms with Gasteiger partial charge in [-0.3, -0.25) is 9.78 Å². The van der Waals surface area contributed by atoms with Gasteiger partial charge in [-0.2, -0.15) is 0 Å². The molecule has 1 unspecified atom stereocenters. The quantitative estimate of drug-likeness (QED) is 0.420. The number of anilines is 1. The van der Waals surface area contributed by atoms with E-state index in [-0.39, 0.29) is 18.0 Å². The number of aromatic nitrogens is 3. The van der Waals surface area contributed by atoms with E-state index in [2.05, 4.69) is 15.2 Å². The Morgan fingerprint density at radius 3 is 2.59 bits per heavy atom. The van der Waals surface area contributed by atoms with Gasteiger partial charge in [-0.1, -0.05) is 12.5 Å². The minimum absolute atomic E-state index is 0.169. The first-order valence-corrected chi connectivity index (χ1v) is 14.1. The van der Waals surface area contributed by atoms with E-state index in [0.29, 0.717) is 24.6 Å². The van der Waals surface area contributed by atoms with Gasteiger partial charge in [-0.25, -0.2) is 9.78 Å². The van der Waals surface area contributed by atoms with Gasteiger partial charge in [-0.15, -0.1) is 0 Å². The molecule has 2 fully saturated rings. The van der Waals surface area contributed by atoms with Crippen LogP contribution in [-0.4, -0.2) is 56.5 Å². The molecular formula is C30H40N6O3. The fourth-order valence-corrected chi connectivity index (χ4v) is 5.15. The van der Waals surface area contributed by atoms with Gasteiger partial charge >= 0.3 is 6.09 Å². The van der Waals surface area contributed by atoms with Crippen LogP contribution in [0.15, 0.2) is 43.0 Å². The molecule has 1 saturated heterocycles. The number of nitrogens with one attached hydrogen (secondary N) is 1. The Morgan fingerprint density at radius 1 is 1.13 bits per heavy atom.